The Labute approximate surface area is 151 Å². The van der Waals surface area contributed by atoms with Gasteiger partial charge in [0.25, 0.3) is 5.91 Å². The summed E-state index contributed by atoms with van der Waals surface area (Å²) in [5.74, 6) is 0.0812. The minimum Gasteiger partial charge on any atom is -0.368 e. The summed E-state index contributed by atoms with van der Waals surface area (Å²) in [4.78, 5) is 18.9. The molecule has 26 heavy (non-hydrogen) atoms. The number of rotatable bonds is 4. The zero-order valence-electron chi connectivity index (χ0n) is 14.5. The van der Waals surface area contributed by atoms with Crippen molar-refractivity contribution in [1.82, 2.24) is 19.6 Å². The highest BCUT2D eigenvalue weighted by molar-refractivity contribution is 5.91. The Hall–Kier alpha value is -2.93. The van der Waals surface area contributed by atoms with E-state index in [2.05, 4.69) is 14.7 Å². The van der Waals surface area contributed by atoms with Crippen LogP contribution in [0.1, 0.15) is 27.6 Å². The van der Waals surface area contributed by atoms with Gasteiger partial charge < -0.3 is 18.7 Å². The Balaban J connectivity index is 1.52. The molecule has 0 saturated heterocycles. The van der Waals surface area contributed by atoms with Crippen LogP contribution in [-0.2, 0) is 24.4 Å². The van der Waals surface area contributed by atoms with Gasteiger partial charge in [-0.3, -0.25) is 9.78 Å². The minimum atomic E-state index is -0.174. The van der Waals surface area contributed by atoms with Crippen molar-refractivity contribution in [1.29, 1.82) is 0 Å². The lowest BCUT2D eigenvalue weighted by atomic mass is 10.2. The maximum absolute atomic E-state index is 12.8. The second-order valence-electron chi connectivity index (χ2n) is 6.42. The van der Waals surface area contributed by atoms with E-state index in [1.165, 1.54) is 0 Å². The number of aromatic nitrogens is 3. The second kappa shape index (κ2) is 7.13. The molecule has 1 amide bonds. The molecule has 0 fully saturated rings. The first-order valence-corrected chi connectivity index (χ1v) is 8.57. The standard InChI is InChI=1S/C19H20N4O3/c1-14-9-18(26-21-14)19(24)23-10-16-6-4-8-22(16)11-17(12-23)25-13-15-5-2-3-7-20-15/h2-9,17H,10-13H2,1H3. The van der Waals surface area contributed by atoms with E-state index in [-0.39, 0.29) is 17.8 Å². The molecule has 0 bridgehead atoms. The van der Waals surface area contributed by atoms with E-state index in [0.29, 0.717) is 31.9 Å². The summed E-state index contributed by atoms with van der Waals surface area (Å²) in [6, 6.07) is 11.4. The molecule has 3 aromatic rings. The van der Waals surface area contributed by atoms with Crippen LogP contribution in [-0.4, -0.2) is 38.2 Å². The van der Waals surface area contributed by atoms with E-state index >= 15 is 0 Å². The molecule has 7 nitrogen and oxygen atoms in total. The van der Waals surface area contributed by atoms with Gasteiger partial charge in [0.15, 0.2) is 0 Å². The van der Waals surface area contributed by atoms with Crippen molar-refractivity contribution in [2.75, 3.05) is 6.54 Å². The maximum Gasteiger partial charge on any atom is 0.292 e. The molecule has 3 aromatic heterocycles. The molecule has 4 rings (SSSR count). The van der Waals surface area contributed by atoms with Gasteiger partial charge in [-0.2, -0.15) is 0 Å². The Kier molecular flexibility index (Phi) is 4.53. The Morgan fingerprint density at radius 3 is 3.00 bits per heavy atom. The first-order valence-electron chi connectivity index (χ1n) is 8.57. The summed E-state index contributed by atoms with van der Waals surface area (Å²) in [7, 11) is 0. The van der Waals surface area contributed by atoms with Gasteiger partial charge in [-0.15, -0.1) is 0 Å². The van der Waals surface area contributed by atoms with E-state index in [1.807, 2.05) is 36.5 Å². The number of pyridine rings is 1. The highest BCUT2D eigenvalue weighted by Crippen LogP contribution is 2.19. The topological polar surface area (TPSA) is 73.4 Å². The number of fused-ring (bicyclic) bond motifs is 1. The average molecular weight is 352 g/mol. The van der Waals surface area contributed by atoms with Crippen LogP contribution in [0.25, 0.3) is 0 Å². The number of aryl methyl sites for hydroxylation is 1. The fourth-order valence-electron chi connectivity index (χ4n) is 3.12. The smallest absolute Gasteiger partial charge is 0.292 e. The van der Waals surface area contributed by atoms with E-state index < -0.39 is 0 Å². The van der Waals surface area contributed by atoms with Crippen molar-refractivity contribution in [3.63, 3.8) is 0 Å². The zero-order chi connectivity index (χ0) is 17.9. The summed E-state index contributed by atoms with van der Waals surface area (Å²) in [5, 5.41) is 3.82. The summed E-state index contributed by atoms with van der Waals surface area (Å²) in [5.41, 5.74) is 2.63. The summed E-state index contributed by atoms with van der Waals surface area (Å²) >= 11 is 0. The normalized spacial score (nSPS) is 17.0. The van der Waals surface area contributed by atoms with Crippen molar-refractivity contribution >= 4 is 5.91 Å². The molecule has 1 atom stereocenters. The molecule has 0 spiro atoms. The molecule has 4 heterocycles. The van der Waals surface area contributed by atoms with Crippen LogP contribution in [0.5, 0.6) is 0 Å². The molecule has 134 valence electrons. The maximum atomic E-state index is 12.8. The molecular weight excluding hydrogens is 332 g/mol. The van der Waals surface area contributed by atoms with Crippen LogP contribution in [0.3, 0.4) is 0 Å². The number of amides is 1. The lowest BCUT2D eigenvalue weighted by Gasteiger charge is -2.23. The van der Waals surface area contributed by atoms with Crippen LogP contribution in [0.2, 0.25) is 0 Å². The largest absolute Gasteiger partial charge is 0.368 e. The predicted molar refractivity (Wildman–Crippen MR) is 93.2 cm³/mol. The molecular formula is C19H20N4O3. The number of hydrogen-bond donors (Lipinski definition) is 0. The lowest BCUT2D eigenvalue weighted by molar-refractivity contribution is 0.00830. The van der Waals surface area contributed by atoms with Crippen LogP contribution < -0.4 is 0 Å². The number of carbonyl (C=O) groups is 1. The molecule has 0 radical (unpaired) electrons. The third kappa shape index (κ3) is 3.52. The fraction of sp³-hybridized carbons (Fsp3) is 0.316. The number of nitrogens with zero attached hydrogens (tertiary/aromatic N) is 4. The Morgan fingerprint density at radius 2 is 2.23 bits per heavy atom. The monoisotopic (exact) mass is 352 g/mol. The number of carbonyl (C=O) groups excluding carboxylic acids is 1. The van der Waals surface area contributed by atoms with Crippen LogP contribution in [0.4, 0.5) is 0 Å². The third-order valence-corrected chi connectivity index (χ3v) is 4.42. The molecule has 0 aliphatic carbocycles. The quantitative estimate of drug-likeness (QED) is 0.721. The van der Waals surface area contributed by atoms with Gasteiger partial charge in [0, 0.05) is 30.7 Å². The van der Waals surface area contributed by atoms with Gasteiger partial charge in [-0.25, -0.2) is 0 Å². The van der Waals surface area contributed by atoms with Gasteiger partial charge in [0.1, 0.15) is 0 Å². The molecule has 1 unspecified atom stereocenters. The van der Waals surface area contributed by atoms with Crippen molar-refractivity contribution in [3.8, 4) is 0 Å². The van der Waals surface area contributed by atoms with Gasteiger partial charge >= 0.3 is 0 Å². The van der Waals surface area contributed by atoms with Crippen molar-refractivity contribution in [2.24, 2.45) is 0 Å². The van der Waals surface area contributed by atoms with Crippen molar-refractivity contribution in [3.05, 3.63) is 71.6 Å². The zero-order valence-corrected chi connectivity index (χ0v) is 14.5. The van der Waals surface area contributed by atoms with Crippen molar-refractivity contribution in [2.45, 2.75) is 32.7 Å². The molecule has 7 heteroatoms. The van der Waals surface area contributed by atoms with E-state index in [9.17, 15) is 4.79 Å². The predicted octanol–water partition coefficient (Wildman–Crippen LogP) is 2.42. The third-order valence-electron chi connectivity index (χ3n) is 4.42. The van der Waals surface area contributed by atoms with Gasteiger partial charge in [-0.05, 0) is 31.2 Å². The number of ether oxygens (including phenoxy) is 1. The molecule has 1 aliphatic rings. The first kappa shape index (κ1) is 16.5. The molecule has 0 saturated carbocycles. The van der Waals surface area contributed by atoms with Gasteiger partial charge in [0.2, 0.25) is 5.76 Å². The Bertz CT molecular complexity index is 887. The van der Waals surface area contributed by atoms with Crippen LogP contribution in [0.15, 0.2) is 53.3 Å². The highest BCUT2D eigenvalue weighted by atomic mass is 16.5. The minimum absolute atomic E-state index is 0.140. The first-order chi connectivity index (χ1) is 12.7. The Morgan fingerprint density at radius 1 is 1.31 bits per heavy atom. The molecule has 0 aromatic carbocycles. The van der Waals surface area contributed by atoms with Crippen molar-refractivity contribution < 1.29 is 14.1 Å². The fourth-order valence-corrected chi connectivity index (χ4v) is 3.12. The average Bonchev–Trinajstić information content (AvgIpc) is 3.24. The SMILES string of the molecule is Cc1cc(C(=O)N2Cc3cccn3CC(OCc3ccccn3)C2)on1. The summed E-state index contributed by atoms with van der Waals surface area (Å²) < 4.78 is 13.4. The van der Waals surface area contributed by atoms with Gasteiger partial charge in [0.05, 0.1) is 37.2 Å². The van der Waals surface area contributed by atoms with Gasteiger partial charge in [-0.1, -0.05) is 11.2 Å². The second-order valence-corrected chi connectivity index (χ2v) is 6.42. The van der Waals surface area contributed by atoms with Crippen LogP contribution >= 0.6 is 0 Å². The molecule has 1 aliphatic heterocycles. The van der Waals surface area contributed by atoms with Crippen LogP contribution in [0, 0.1) is 6.92 Å². The van der Waals surface area contributed by atoms with E-state index in [1.54, 1.807) is 24.1 Å². The molecule has 0 N–H and O–H groups in total. The van der Waals surface area contributed by atoms with E-state index in [0.717, 1.165) is 11.4 Å². The highest BCUT2D eigenvalue weighted by Gasteiger charge is 2.28. The summed E-state index contributed by atoms with van der Waals surface area (Å²) in [6.07, 6.45) is 3.62. The summed E-state index contributed by atoms with van der Waals surface area (Å²) in [6.45, 7) is 3.88. The van der Waals surface area contributed by atoms with E-state index in [4.69, 9.17) is 9.26 Å². The lowest BCUT2D eigenvalue weighted by Crippen LogP contribution is -2.37. The number of hydrogen-bond acceptors (Lipinski definition) is 5.